The Kier molecular flexibility index (Phi) is 4.86. The predicted molar refractivity (Wildman–Crippen MR) is 93.3 cm³/mol. The first kappa shape index (κ1) is 17.4. The van der Waals surface area contributed by atoms with Gasteiger partial charge in [-0.25, -0.2) is 13.1 Å². The molecule has 1 aliphatic rings. The smallest absolute Gasteiger partial charge is 0.201 e. The van der Waals surface area contributed by atoms with Gasteiger partial charge in [-0.3, -0.25) is 0 Å². The molecule has 0 radical (unpaired) electrons. The summed E-state index contributed by atoms with van der Waals surface area (Å²) in [7, 11) is -2.72. The minimum Gasteiger partial charge on any atom is -0.302 e. The van der Waals surface area contributed by atoms with Crippen LogP contribution in [-0.2, 0) is 30.5 Å². The molecule has 3 rings (SSSR count). The van der Waals surface area contributed by atoms with Crippen molar-refractivity contribution in [3.8, 4) is 29.5 Å². The highest BCUT2D eigenvalue weighted by Gasteiger charge is 2.23. The van der Waals surface area contributed by atoms with Gasteiger partial charge in [-0.1, -0.05) is 12.1 Å². The normalized spacial score (nSPS) is 12.3. The van der Waals surface area contributed by atoms with E-state index >= 15 is 0 Å². The van der Waals surface area contributed by atoms with Crippen LogP contribution in [0.25, 0.3) is 11.1 Å². The fourth-order valence-corrected chi connectivity index (χ4v) is 3.40. The standard InChI is InChI=1S/C18H13N5O2S/c19-6-12-1-2-16(14(3-12)7-20)17-5-13(8-22-26(24)25)4-15-9-23(11-21)10-18(15)17/h1-5,26H,8-10H2,(H,22,24,25). The number of thiol groups is 1. The van der Waals surface area contributed by atoms with Crippen molar-refractivity contribution in [1.82, 2.24) is 9.62 Å². The first-order valence-electron chi connectivity index (χ1n) is 7.67. The zero-order valence-corrected chi connectivity index (χ0v) is 14.5. The van der Waals surface area contributed by atoms with Crippen molar-refractivity contribution in [2.24, 2.45) is 0 Å². The Morgan fingerprint density at radius 1 is 1.04 bits per heavy atom. The highest BCUT2D eigenvalue weighted by atomic mass is 32.2. The molecule has 0 unspecified atom stereocenters. The summed E-state index contributed by atoms with van der Waals surface area (Å²) in [4.78, 5) is 1.59. The summed E-state index contributed by atoms with van der Waals surface area (Å²) >= 11 is 0. The van der Waals surface area contributed by atoms with Crippen LogP contribution < -0.4 is 4.72 Å². The van der Waals surface area contributed by atoms with E-state index in [0.29, 0.717) is 29.8 Å². The Bertz CT molecular complexity index is 1080. The molecule has 26 heavy (non-hydrogen) atoms. The Morgan fingerprint density at radius 2 is 1.85 bits per heavy atom. The van der Waals surface area contributed by atoms with Gasteiger partial charge in [0.1, 0.15) is 0 Å². The van der Waals surface area contributed by atoms with Crippen molar-refractivity contribution in [1.29, 1.82) is 15.8 Å². The average Bonchev–Trinajstić information content (AvgIpc) is 3.08. The van der Waals surface area contributed by atoms with Crippen molar-refractivity contribution < 1.29 is 8.42 Å². The molecule has 0 atom stereocenters. The van der Waals surface area contributed by atoms with Gasteiger partial charge in [-0.15, -0.1) is 0 Å². The second kappa shape index (κ2) is 7.25. The van der Waals surface area contributed by atoms with E-state index in [1.165, 1.54) is 6.07 Å². The van der Waals surface area contributed by atoms with Crippen molar-refractivity contribution in [3.05, 3.63) is 58.1 Å². The predicted octanol–water partition coefficient (Wildman–Crippen LogP) is 1.51. The van der Waals surface area contributed by atoms with E-state index in [9.17, 15) is 18.9 Å². The number of nitrogens with zero attached hydrogens (tertiary/aromatic N) is 4. The fourth-order valence-electron chi connectivity index (χ4n) is 3.09. The lowest BCUT2D eigenvalue weighted by atomic mass is 9.91. The highest BCUT2D eigenvalue weighted by Crippen LogP contribution is 2.35. The minimum atomic E-state index is -2.72. The Balaban J connectivity index is 2.16. The van der Waals surface area contributed by atoms with Crippen LogP contribution in [0.5, 0.6) is 0 Å². The van der Waals surface area contributed by atoms with Crippen LogP contribution in [-0.4, -0.2) is 13.3 Å². The molecule has 7 nitrogen and oxygen atoms in total. The Morgan fingerprint density at radius 3 is 2.50 bits per heavy atom. The van der Waals surface area contributed by atoms with Crippen LogP contribution in [0.15, 0.2) is 30.3 Å². The molecule has 0 saturated heterocycles. The lowest BCUT2D eigenvalue weighted by Crippen LogP contribution is -2.11. The van der Waals surface area contributed by atoms with E-state index < -0.39 is 10.9 Å². The number of benzene rings is 2. The molecule has 0 aromatic heterocycles. The summed E-state index contributed by atoms with van der Waals surface area (Å²) < 4.78 is 24.0. The van der Waals surface area contributed by atoms with Gasteiger partial charge in [0.15, 0.2) is 6.19 Å². The van der Waals surface area contributed by atoms with Crippen molar-refractivity contribution in [2.45, 2.75) is 19.6 Å². The molecule has 1 aliphatic heterocycles. The van der Waals surface area contributed by atoms with Gasteiger partial charge < -0.3 is 4.90 Å². The third-order valence-corrected chi connectivity index (χ3v) is 4.64. The number of fused-ring (bicyclic) bond motifs is 1. The summed E-state index contributed by atoms with van der Waals surface area (Å²) in [6.45, 7) is 0.994. The molecule has 128 valence electrons. The maximum atomic E-state index is 10.8. The maximum Gasteiger partial charge on any atom is 0.201 e. The van der Waals surface area contributed by atoms with Crippen molar-refractivity contribution >= 4 is 10.9 Å². The van der Waals surface area contributed by atoms with E-state index in [2.05, 4.69) is 17.0 Å². The third kappa shape index (κ3) is 3.36. The lowest BCUT2D eigenvalue weighted by molar-refractivity contribution is 0.417. The number of hydrogen-bond donors (Lipinski definition) is 2. The summed E-state index contributed by atoms with van der Waals surface area (Å²) in [5, 5.41) is 27.7. The largest absolute Gasteiger partial charge is 0.302 e. The van der Waals surface area contributed by atoms with E-state index in [1.807, 2.05) is 18.2 Å². The second-order valence-corrected chi connectivity index (χ2v) is 6.64. The Labute approximate surface area is 152 Å². The molecule has 8 heteroatoms. The molecule has 2 aromatic carbocycles. The number of nitrogens with one attached hydrogen (secondary N) is 1. The van der Waals surface area contributed by atoms with Crippen LogP contribution in [0.1, 0.15) is 27.8 Å². The van der Waals surface area contributed by atoms with Gasteiger partial charge in [0.2, 0.25) is 10.9 Å². The molecule has 2 aromatic rings. The summed E-state index contributed by atoms with van der Waals surface area (Å²) in [5.41, 5.74) is 4.79. The van der Waals surface area contributed by atoms with Crippen LogP contribution in [0.3, 0.4) is 0 Å². The summed E-state index contributed by atoms with van der Waals surface area (Å²) in [6, 6.07) is 12.7. The van der Waals surface area contributed by atoms with E-state index in [0.717, 1.165) is 22.3 Å². The van der Waals surface area contributed by atoms with Crippen LogP contribution >= 0.6 is 0 Å². The first-order valence-corrected chi connectivity index (χ1v) is 8.85. The van der Waals surface area contributed by atoms with Gasteiger partial charge in [-0.05, 0) is 46.0 Å². The SMILES string of the molecule is N#Cc1ccc(-c2cc(CN[SH](=O)=O)cc3c2CN(C#N)C3)c(C#N)c1. The highest BCUT2D eigenvalue weighted by molar-refractivity contribution is 7.70. The van der Waals surface area contributed by atoms with Crippen LogP contribution in [0.2, 0.25) is 0 Å². The van der Waals surface area contributed by atoms with E-state index in [-0.39, 0.29) is 6.54 Å². The molecule has 0 bridgehead atoms. The topological polar surface area (TPSA) is 121 Å². The molecule has 0 saturated carbocycles. The van der Waals surface area contributed by atoms with Crippen molar-refractivity contribution in [3.63, 3.8) is 0 Å². The second-order valence-electron chi connectivity index (χ2n) is 5.81. The average molecular weight is 363 g/mol. The molecule has 0 amide bonds. The molecular weight excluding hydrogens is 350 g/mol. The zero-order valence-electron chi connectivity index (χ0n) is 13.6. The molecule has 0 spiro atoms. The number of hydrogen-bond acceptors (Lipinski definition) is 6. The van der Waals surface area contributed by atoms with Gasteiger partial charge in [0.05, 0.1) is 36.4 Å². The van der Waals surface area contributed by atoms with E-state index in [4.69, 9.17) is 5.26 Å². The van der Waals surface area contributed by atoms with Gasteiger partial charge in [0, 0.05) is 6.54 Å². The van der Waals surface area contributed by atoms with Gasteiger partial charge in [-0.2, -0.15) is 15.8 Å². The van der Waals surface area contributed by atoms with Crippen molar-refractivity contribution in [2.75, 3.05) is 0 Å². The Hall–Kier alpha value is -3.38. The van der Waals surface area contributed by atoms with Crippen LogP contribution in [0.4, 0.5) is 0 Å². The zero-order chi connectivity index (χ0) is 18.7. The third-order valence-electron chi connectivity index (χ3n) is 4.23. The molecule has 0 aliphatic carbocycles. The minimum absolute atomic E-state index is 0.129. The van der Waals surface area contributed by atoms with E-state index in [1.54, 1.807) is 17.0 Å². The maximum absolute atomic E-state index is 10.8. The molecular formula is C18H13N5O2S. The molecule has 1 heterocycles. The molecule has 1 N–H and O–H groups in total. The fraction of sp³-hybridized carbons (Fsp3) is 0.167. The monoisotopic (exact) mass is 363 g/mol. The van der Waals surface area contributed by atoms with Gasteiger partial charge in [0.25, 0.3) is 0 Å². The van der Waals surface area contributed by atoms with Gasteiger partial charge >= 0.3 is 0 Å². The summed E-state index contributed by atoms with van der Waals surface area (Å²) in [6.07, 6.45) is 2.12. The van der Waals surface area contributed by atoms with Crippen LogP contribution in [0, 0.1) is 34.1 Å². The summed E-state index contributed by atoms with van der Waals surface area (Å²) in [5.74, 6) is 0. The quantitative estimate of drug-likeness (QED) is 0.627. The number of nitriles is 3. The number of rotatable bonds is 4. The first-order chi connectivity index (χ1) is 12.5. The molecule has 0 fully saturated rings. The lowest BCUT2D eigenvalue weighted by Gasteiger charge is -2.13.